The zero-order chi connectivity index (χ0) is 15.0. The number of aliphatic hydroxyl groups is 1. The summed E-state index contributed by atoms with van der Waals surface area (Å²) < 4.78 is 11.3. The highest BCUT2D eigenvalue weighted by atomic mass is 16.5. The molecule has 1 unspecified atom stereocenters. The van der Waals surface area contributed by atoms with Gasteiger partial charge in [-0.25, -0.2) is 0 Å². The predicted octanol–water partition coefficient (Wildman–Crippen LogP) is 4.01. The molecule has 21 heavy (non-hydrogen) atoms. The van der Waals surface area contributed by atoms with Crippen molar-refractivity contribution in [2.45, 2.75) is 19.4 Å². The second-order valence-corrected chi connectivity index (χ2v) is 5.38. The van der Waals surface area contributed by atoms with Crippen molar-refractivity contribution in [1.29, 1.82) is 0 Å². The Hall–Kier alpha value is -2.26. The Kier molecular flexibility index (Phi) is 3.22. The first-order chi connectivity index (χ1) is 10.0. The van der Waals surface area contributed by atoms with Crippen LogP contribution in [-0.4, -0.2) is 12.2 Å². The average molecular weight is 282 g/mol. The highest BCUT2D eigenvalue weighted by Gasteiger charge is 2.32. The maximum Gasteiger partial charge on any atom is 0.148 e. The van der Waals surface area contributed by atoms with E-state index in [9.17, 15) is 5.11 Å². The average Bonchev–Trinajstić information content (AvgIpc) is 2.93. The molecule has 0 saturated heterocycles. The molecule has 3 heteroatoms. The predicted molar refractivity (Wildman–Crippen MR) is 82.6 cm³/mol. The van der Waals surface area contributed by atoms with Crippen molar-refractivity contribution in [2.75, 3.05) is 7.11 Å². The molecule has 0 bridgehead atoms. The summed E-state index contributed by atoms with van der Waals surface area (Å²) in [6, 6.07) is 15.3. The molecule has 3 nitrogen and oxygen atoms in total. The van der Waals surface area contributed by atoms with Crippen LogP contribution in [0.1, 0.15) is 23.8 Å². The molecule has 0 saturated carbocycles. The molecule has 0 aliphatic carbocycles. The van der Waals surface area contributed by atoms with E-state index in [2.05, 4.69) is 0 Å². The first kappa shape index (κ1) is 13.7. The van der Waals surface area contributed by atoms with E-state index in [0.717, 1.165) is 16.5 Å². The molecule has 0 spiro atoms. The Labute approximate surface area is 123 Å². The highest BCUT2D eigenvalue weighted by molar-refractivity contribution is 5.81. The van der Waals surface area contributed by atoms with E-state index in [1.807, 2.05) is 55.5 Å². The van der Waals surface area contributed by atoms with Crippen LogP contribution in [0.4, 0.5) is 0 Å². The number of aryl methyl sites for hydroxylation is 1. The van der Waals surface area contributed by atoms with Crippen molar-refractivity contribution in [1.82, 2.24) is 0 Å². The van der Waals surface area contributed by atoms with Gasteiger partial charge in [-0.3, -0.25) is 0 Å². The minimum atomic E-state index is -1.25. The third kappa shape index (κ3) is 2.20. The number of ether oxygens (including phenoxy) is 1. The summed E-state index contributed by atoms with van der Waals surface area (Å²) >= 11 is 0. The van der Waals surface area contributed by atoms with E-state index in [1.165, 1.54) is 0 Å². The van der Waals surface area contributed by atoms with Crippen molar-refractivity contribution in [3.05, 3.63) is 65.4 Å². The van der Waals surface area contributed by atoms with E-state index < -0.39 is 5.60 Å². The number of hydrogen-bond donors (Lipinski definition) is 1. The molecule has 2 aromatic carbocycles. The third-order valence-corrected chi connectivity index (χ3v) is 3.85. The van der Waals surface area contributed by atoms with E-state index >= 15 is 0 Å². The summed E-state index contributed by atoms with van der Waals surface area (Å²) in [4.78, 5) is 0. The molecule has 0 aliphatic heterocycles. The van der Waals surface area contributed by atoms with Gasteiger partial charge in [0, 0.05) is 10.9 Å². The smallest absolute Gasteiger partial charge is 0.148 e. The summed E-state index contributed by atoms with van der Waals surface area (Å²) in [5.41, 5.74) is 1.29. The molecular formula is C18H18O3. The summed E-state index contributed by atoms with van der Waals surface area (Å²) in [6.45, 7) is 3.71. The van der Waals surface area contributed by atoms with Crippen molar-refractivity contribution in [3.63, 3.8) is 0 Å². The maximum absolute atomic E-state index is 11.0. The molecule has 108 valence electrons. The molecular weight excluding hydrogens is 264 g/mol. The number of hydrogen-bond acceptors (Lipinski definition) is 3. The van der Waals surface area contributed by atoms with Crippen LogP contribution in [0.15, 0.2) is 52.9 Å². The number of methoxy groups -OCH3 is 1. The summed E-state index contributed by atoms with van der Waals surface area (Å²) in [5.74, 6) is 1.15. The zero-order valence-electron chi connectivity index (χ0n) is 12.4. The van der Waals surface area contributed by atoms with Crippen LogP contribution in [-0.2, 0) is 5.60 Å². The van der Waals surface area contributed by atoms with E-state index in [4.69, 9.17) is 9.15 Å². The first-order valence-corrected chi connectivity index (χ1v) is 6.89. The number of rotatable bonds is 3. The number of benzene rings is 2. The van der Waals surface area contributed by atoms with Crippen LogP contribution in [0.3, 0.4) is 0 Å². The largest absolute Gasteiger partial charge is 0.496 e. The molecule has 1 aromatic heterocycles. The van der Waals surface area contributed by atoms with Gasteiger partial charge in [0.2, 0.25) is 0 Å². The quantitative estimate of drug-likeness (QED) is 0.789. The molecule has 0 amide bonds. The fourth-order valence-corrected chi connectivity index (χ4v) is 2.63. The van der Waals surface area contributed by atoms with Crippen molar-refractivity contribution in [3.8, 4) is 5.75 Å². The Morgan fingerprint density at radius 3 is 2.57 bits per heavy atom. The molecule has 1 N–H and O–H groups in total. The number of para-hydroxylation sites is 2. The van der Waals surface area contributed by atoms with Crippen molar-refractivity contribution < 1.29 is 14.3 Å². The SMILES string of the molecule is COc1ccccc1C(C)(O)c1cc2cccc(C)c2o1. The van der Waals surface area contributed by atoms with Gasteiger partial charge in [0.05, 0.1) is 7.11 Å². The Morgan fingerprint density at radius 1 is 1.10 bits per heavy atom. The van der Waals surface area contributed by atoms with Gasteiger partial charge >= 0.3 is 0 Å². The molecule has 1 heterocycles. The molecule has 0 fully saturated rings. The van der Waals surface area contributed by atoms with Gasteiger partial charge in [-0.2, -0.15) is 0 Å². The summed E-state index contributed by atoms with van der Waals surface area (Å²) in [6.07, 6.45) is 0. The normalized spacial score (nSPS) is 14.1. The van der Waals surface area contributed by atoms with Gasteiger partial charge in [0.25, 0.3) is 0 Å². The van der Waals surface area contributed by atoms with Crippen molar-refractivity contribution in [2.24, 2.45) is 0 Å². The lowest BCUT2D eigenvalue weighted by Gasteiger charge is -2.23. The van der Waals surface area contributed by atoms with Gasteiger partial charge in [-0.15, -0.1) is 0 Å². The summed E-state index contributed by atoms with van der Waals surface area (Å²) in [5, 5.41) is 12.0. The maximum atomic E-state index is 11.0. The lowest BCUT2D eigenvalue weighted by Crippen LogP contribution is -2.22. The zero-order valence-corrected chi connectivity index (χ0v) is 12.4. The van der Waals surface area contributed by atoms with Gasteiger partial charge in [-0.05, 0) is 31.5 Å². The van der Waals surface area contributed by atoms with Crippen LogP contribution < -0.4 is 4.74 Å². The highest BCUT2D eigenvalue weighted by Crippen LogP contribution is 2.38. The van der Waals surface area contributed by atoms with Crippen LogP contribution in [0.5, 0.6) is 5.75 Å². The fraction of sp³-hybridized carbons (Fsp3) is 0.222. The first-order valence-electron chi connectivity index (χ1n) is 6.89. The second kappa shape index (κ2) is 4.93. The Morgan fingerprint density at radius 2 is 1.86 bits per heavy atom. The molecule has 0 aliphatic rings. The van der Waals surface area contributed by atoms with E-state index in [0.29, 0.717) is 17.1 Å². The van der Waals surface area contributed by atoms with Crippen LogP contribution in [0.25, 0.3) is 11.0 Å². The van der Waals surface area contributed by atoms with Crippen LogP contribution >= 0.6 is 0 Å². The lowest BCUT2D eigenvalue weighted by molar-refractivity contribution is 0.0758. The number of fused-ring (bicyclic) bond motifs is 1. The van der Waals surface area contributed by atoms with Crippen LogP contribution in [0.2, 0.25) is 0 Å². The van der Waals surface area contributed by atoms with Gasteiger partial charge in [-0.1, -0.05) is 36.4 Å². The topological polar surface area (TPSA) is 42.6 Å². The standard InChI is InChI=1S/C18H18O3/c1-12-7-6-8-13-11-16(21-17(12)13)18(2,19)14-9-4-5-10-15(14)20-3/h4-11,19H,1-3H3. The number of furan rings is 1. The lowest BCUT2D eigenvalue weighted by atomic mass is 9.92. The van der Waals surface area contributed by atoms with Crippen LogP contribution in [0, 0.1) is 6.92 Å². The Balaban J connectivity index is 2.17. The summed E-state index contributed by atoms with van der Waals surface area (Å²) in [7, 11) is 1.59. The molecule has 0 radical (unpaired) electrons. The Bertz CT molecular complexity index is 784. The van der Waals surface area contributed by atoms with Crippen molar-refractivity contribution >= 4 is 11.0 Å². The monoisotopic (exact) mass is 282 g/mol. The molecule has 1 atom stereocenters. The van der Waals surface area contributed by atoms with E-state index in [-0.39, 0.29) is 0 Å². The minimum Gasteiger partial charge on any atom is -0.496 e. The fourth-order valence-electron chi connectivity index (χ4n) is 2.63. The van der Waals surface area contributed by atoms with E-state index in [1.54, 1.807) is 14.0 Å². The third-order valence-electron chi connectivity index (χ3n) is 3.85. The second-order valence-electron chi connectivity index (χ2n) is 5.38. The minimum absolute atomic E-state index is 0.510. The van der Waals surface area contributed by atoms with Gasteiger partial charge in [0.1, 0.15) is 22.7 Å². The molecule has 3 aromatic rings. The van der Waals surface area contributed by atoms with Gasteiger partial charge in [0.15, 0.2) is 0 Å². The van der Waals surface area contributed by atoms with Gasteiger partial charge < -0.3 is 14.3 Å². The molecule has 3 rings (SSSR count).